The van der Waals surface area contributed by atoms with Crippen molar-refractivity contribution in [3.8, 4) is 0 Å². The lowest BCUT2D eigenvalue weighted by Crippen LogP contribution is -1.81. The van der Waals surface area contributed by atoms with Crippen molar-refractivity contribution in [3.63, 3.8) is 0 Å². The summed E-state index contributed by atoms with van der Waals surface area (Å²) in [5.74, 6) is 0. The van der Waals surface area contributed by atoms with Gasteiger partial charge in [0.25, 0.3) is 0 Å². The fourth-order valence-electron chi connectivity index (χ4n) is 1.59. The summed E-state index contributed by atoms with van der Waals surface area (Å²) in [6, 6.07) is 8.35. The highest BCUT2D eigenvalue weighted by atomic mass is 14.7. The zero-order chi connectivity index (χ0) is 8.55. The largest absolute Gasteiger partial charge is 0.358 e. The van der Waals surface area contributed by atoms with Gasteiger partial charge < -0.3 is 4.98 Å². The molecule has 1 aromatic carbocycles. The van der Waals surface area contributed by atoms with Gasteiger partial charge in [-0.1, -0.05) is 18.2 Å². The lowest BCUT2D eigenvalue weighted by molar-refractivity contribution is 1.14. The average molecular weight is 158 g/mol. The number of fused-ring (bicyclic) bond motifs is 1. The summed E-state index contributed by atoms with van der Waals surface area (Å²) in [6.07, 6.45) is 0.834. The summed E-state index contributed by atoms with van der Waals surface area (Å²) in [4.78, 5) is 3.35. The minimum atomic E-state index is 0.834. The van der Waals surface area contributed by atoms with Crippen LogP contribution in [0.5, 0.6) is 0 Å². The number of rotatable bonds is 1. The highest BCUT2D eigenvalue weighted by molar-refractivity contribution is 5.84. The van der Waals surface area contributed by atoms with Gasteiger partial charge in [-0.15, -0.1) is 0 Å². The molecule has 0 spiro atoms. The minimum absolute atomic E-state index is 0.834. The Kier molecular flexibility index (Phi) is 1.65. The van der Waals surface area contributed by atoms with Gasteiger partial charge in [-0.25, -0.2) is 0 Å². The van der Waals surface area contributed by atoms with Crippen molar-refractivity contribution in [1.29, 1.82) is 0 Å². The maximum Gasteiger partial charge on any atom is 0.0458 e. The molecule has 0 atom stereocenters. The molecule has 0 aliphatic heterocycles. The van der Waals surface area contributed by atoms with E-state index in [1.165, 1.54) is 22.2 Å². The van der Waals surface area contributed by atoms with Crippen LogP contribution in [0, 0.1) is 13.8 Å². The van der Waals surface area contributed by atoms with E-state index in [1.807, 2.05) is 6.07 Å². The third-order valence-corrected chi connectivity index (χ3v) is 2.32. The summed E-state index contributed by atoms with van der Waals surface area (Å²) in [7, 11) is 0. The van der Waals surface area contributed by atoms with Crippen molar-refractivity contribution >= 4 is 10.9 Å². The van der Waals surface area contributed by atoms with Crippen LogP contribution in [0.3, 0.4) is 0 Å². The molecular formula is C11H12N. The molecule has 1 nitrogen and oxygen atoms in total. The molecule has 0 fully saturated rings. The molecule has 0 aliphatic rings. The quantitative estimate of drug-likeness (QED) is 0.656. The lowest BCUT2D eigenvalue weighted by Gasteiger charge is -1.91. The molecule has 1 aromatic heterocycles. The van der Waals surface area contributed by atoms with E-state index in [1.54, 1.807) is 0 Å². The number of aromatic nitrogens is 1. The molecule has 1 heteroatoms. The summed E-state index contributed by atoms with van der Waals surface area (Å²) in [5.41, 5.74) is 3.80. The highest BCUT2D eigenvalue weighted by Gasteiger charge is 2.03. The first-order valence-corrected chi connectivity index (χ1v) is 4.18. The molecule has 0 amide bonds. The minimum Gasteiger partial charge on any atom is -0.358 e. The standard InChI is InChI=1S/C11H12N/c1-3-10-8(2)9-6-4-5-7-11(9)12-10/h4-7,12H,1,3H2,2H3. The first kappa shape index (κ1) is 7.41. The van der Waals surface area contributed by atoms with Crippen molar-refractivity contribution in [2.75, 3.05) is 0 Å². The molecule has 0 aliphatic carbocycles. The van der Waals surface area contributed by atoms with Gasteiger partial charge in [0, 0.05) is 16.6 Å². The van der Waals surface area contributed by atoms with Crippen molar-refractivity contribution in [3.05, 3.63) is 42.4 Å². The Morgan fingerprint density at radius 2 is 2.08 bits per heavy atom. The molecule has 1 heterocycles. The number of aryl methyl sites for hydroxylation is 1. The van der Waals surface area contributed by atoms with Crippen LogP contribution < -0.4 is 0 Å². The zero-order valence-electron chi connectivity index (χ0n) is 7.22. The molecule has 0 unspecified atom stereocenters. The van der Waals surface area contributed by atoms with Crippen LogP contribution in [0.2, 0.25) is 0 Å². The van der Waals surface area contributed by atoms with Gasteiger partial charge in [0.15, 0.2) is 0 Å². The number of hydrogen-bond donors (Lipinski definition) is 1. The van der Waals surface area contributed by atoms with Crippen LogP contribution in [0.15, 0.2) is 24.3 Å². The summed E-state index contributed by atoms with van der Waals surface area (Å²) in [5, 5.41) is 1.32. The average Bonchev–Trinajstić information content (AvgIpc) is 2.44. The SMILES string of the molecule is [CH2]Cc1[nH]c2ccccc2c1C. The van der Waals surface area contributed by atoms with Crippen LogP contribution in [0.25, 0.3) is 10.9 Å². The molecule has 12 heavy (non-hydrogen) atoms. The Hall–Kier alpha value is -1.24. The third kappa shape index (κ3) is 0.934. The van der Waals surface area contributed by atoms with Gasteiger partial charge in [0.2, 0.25) is 0 Å². The van der Waals surface area contributed by atoms with E-state index >= 15 is 0 Å². The molecule has 2 rings (SSSR count). The summed E-state index contributed by atoms with van der Waals surface area (Å²) in [6.45, 7) is 6.02. The van der Waals surface area contributed by atoms with Crippen molar-refractivity contribution < 1.29 is 0 Å². The summed E-state index contributed by atoms with van der Waals surface area (Å²) >= 11 is 0. The second-order valence-corrected chi connectivity index (χ2v) is 3.02. The first-order valence-electron chi connectivity index (χ1n) is 4.18. The molecule has 0 saturated heterocycles. The maximum atomic E-state index is 3.88. The van der Waals surface area contributed by atoms with E-state index in [2.05, 4.69) is 37.0 Å². The van der Waals surface area contributed by atoms with Crippen LogP contribution in [0.1, 0.15) is 11.3 Å². The van der Waals surface area contributed by atoms with Crippen LogP contribution in [-0.4, -0.2) is 4.98 Å². The first-order chi connectivity index (χ1) is 5.83. The third-order valence-electron chi connectivity index (χ3n) is 2.32. The van der Waals surface area contributed by atoms with E-state index in [9.17, 15) is 0 Å². The Morgan fingerprint density at radius 1 is 1.33 bits per heavy atom. The summed E-state index contributed by atoms with van der Waals surface area (Å²) < 4.78 is 0. The fraction of sp³-hybridized carbons (Fsp3) is 0.182. The topological polar surface area (TPSA) is 15.8 Å². The van der Waals surface area contributed by atoms with E-state index in [4.69, 9.17) is 0 Å². The lowest BCUT2D eigenvalue weighted by atomic mass is 10.1. The predicted octanol–water partition coefficient (Wildman–Crippen LogP) is 2.85. The second-order valence-electron chi connectivity index (χ2n) is 3.02. The van der Waals surface area contributed by atoms with Crippen LogP contribution >= 0.6 is 0 Å². The fourth-order valence-corrected chi connectivity index (χ4v) is 1.59. The second kappa shape index (κ2) is 2.67. The van der Waals surface area contributed by atoms with Crippen molar-refractivity contribution in [2.45, 2.75) is 13.3 Å². The van der Waals surface area contributed by atoms with Gasteiger partial charge in [0.05, 0.1) is 0 Å². The Bertz CT molecular complexity index is 398. The van der Waals surface area contributed by atoms with Gasteiger partial charge in [-0.2, -0.15) is 0 Å². The Labute approximate surface area is 72.4 Å². The smallest absolute Gasteiger partial charge is 0.0458 e. The monoisotopic (exact) mass is 158 g/mol. The molecule has 61 valence electrons. The van der Waals surface area contributed by atoms with E-state index in [-0.39, 0.29) is 0 Å². The highest BCUT2D eigenvalue weighted by Crippen LogP contribution is 2.20. The Balaban J connectivity index is 2.78. The van der Waals surface area contributed by atoms with Crippen LogP contribution in [-0.2, 0) is 6.42 Å². The predicted molar refractivity (Wildman–Crippen MR) is 52.1 cm³/mol. The molecule has 1 N–H and O–H groups in total. The van der Waals surface area contributed by atoms with Gasteiger partial charge in [-0.05, 0) is 31.9 Å². The normalized spacial score (nSPS) is 10.8. The van der Waals surface area contributed by atoms with E-state index in [0.717, 1.165) is 6.42 Å². The number of hydrogen-bond acceptors (Lipinski definition) is 0. The van der Waals surface area contributed by atoms with Gasteiger partial charge in [-0.3, -0.25) is 0 Å². The van der Waals surface area contributed by atoms with E-state index in [0.29, 0.717) is 0 Å². The molecule has 0 saturated carbocycles. The molecule has 2 aromatic rings. The van der Waals surface area contributed by atoms with Gasteiger partial charge in [0.1, 0.15) is 0 Å². The Morgan fingerprint density at radius 3 is 2.75 bits per heavy atom. The molecule has 0 bridgehead atoms. The number of aromatic amines is 1. The number of nitrogens with one attached hydrogen (secondary N) is 1. The van der Waals surface area contributed by atoms with Gasteiger partial charge >= 0.3 is 0 Å². The van der Waals surface area contributed by atoms with E-state index < -0.39 is 0 Å². The molecular weight excluding hydrogens is 146 g/mol. The van der Waals surface area contributed by atoms with Crippen molar-refractivity contribution in [2.24, 2.45) is 0 Å². The number of para-hydroxylation sites is 1. The maximum absolute atomic E-state index is 3.88. The molecule has 1 radical (unpaired) electrons. The van der Waals surface area contributed by atoms with Crippen molar-refractivity contribution in [1.82, 2.24) is 4.98 Å². The number of H-pyrrole nitrogens is 1. The van der Waals surface area contributed by atoms with Crippen LogP contribution in [0.4, 0.5) is 0 Å². The zero-order valence-corrected chi connectivity index (χ0v) is 7.22. The number of benzene rings is 1.